The van der Waals surface area contributed by atoms with Crippen molar-refractivity contribution in [1.82, 2.24) is 9.55 Å². The summed E-state index contributed by atoms with van der Waals surface area (Å²) in [5, 5.41) is 2.47. The molecule has 1 heterocycles. The molecule has 0 radical (unpaired) electrons. The number of halogens is 4. The maximum atomic E-state index is 12.8. The molecule has 0 atom stereocenters. The van der Waals surface area contributed by atoms with Crippen LogP contribution < -0.4 is 5.32 Å². The van der Waals surface area contributed by atoms with Gasteiger partial charge in [-0.05, 0) is 37.3 Å². The first-order valence-electron chi connectivity index (χ1n) is 7.34. The number of para-hydroxylation sites is 2. The number of imidazole rings is 1. The van der Waals surface area contributed by atoms with Gasteiger partial charge in [0, 0.05) is 0 Å². The van der Waals surface area contributed by atoms with Gasteiger partial charge < -0.3 is 9.88 Å². The summed E-state index contributed by atoms with van der Waals surface area (Å²) in [4.78, 5) is 16.6. The van der Waals surface area contributed by atoms with E-state index in [2.05, 4.69) is 10.3 Å². The van der Waals surface area contributed by atoms with E-state index in [0.717, 1.165) is 29.2 Å². The number of carbonyl (C=O) groups excluding carboxylic acids is 1. The molecule has 0 spiro atoms. The van der Waals surface area contributed by atoms with E-state index < -0.39 is 17.6 Å². The molecule has 1 N–H and O–H groups in total. The van der Waals surface area contributed by atoms with Gasteiger partial charge in [-0.25, -0.2) is 4.98 Å². The standard InChI is InChI=1S/C17H13ClF3N3O/c1-10-22-13-4-2-3-5-15(13)24(10)9-16(25)23-14-8-11(17(19,20)21)6-7-12(14)18/h2-8H,9H2,1H3,(H,23,25). The Bertz CT molecular complexity index is 950. The highest BCUT2D eigenvalue weighted by molar-refractivity contribution is 6.33. The maximum Gasteiger partial charge on any atom is 0.416 e. The van der Waals surface area contributed by atoms with E-state index in [0.29, 0.717) is 5.82 Å². The fourth-order valence-corrected chi connectivity index (χ4v) is 2.69. The Balaban J connectivity index is 1.84. The lowest BCUT2D eigenvalue weighted by molar-refractivity contribution is -0.137. The second-order valence-electron chi connectivity index (χ2n) is 5.47. The number of alkyl halides is 3. The van der Waals surface area contributed by atoms with Gasteiger partial charge in [0.05, 0.1) is 27.3 Å². The molecule has 3 aromatic rings. The van der Waals surface area contributed by atoms with Gasteiger partial charge in [-0.3, -0.25) is 4.79 Å². The highest BCUT2D eigenvalue weighted by atomic mass is 35.5. The molecular formula is C17H13ClF3N3O. The molecule has 0 fully saturated rings. The van der Waals surface area contributed by atoms with E-state index in [-0.39, 0.29) is 17.3 Å². The normalized spacial score (nSPS) is 11.7. The molecule has 8 heteroatoms. The molecule has 130 valence electrons. The fourth-order valence-electron chi connectivity index (χ4n) is 2.53. The van der Waals surface area contributed by atoms with E-state index in [1.807, 2.05) is 24.3 Å². The van der Waals surface area contributed by atoms with Crippen LogP contribution in [-0.2, 0) is 17.5 Å². The molecular weight excluding hydrogens is 355 g/mol. The summed E-state index contributed by atoms with van der Waals surface area (Å²) >= 11 is 5.90. The van der Waals surface area contributed by atoms with Gasteiger partial charge in [-0.1, -0.05) is 23.7 Å². The average molecular weight is 368 g/mol. The Morgan fingerprint density at radius 3 is 2.68 bits per heavy atom. The molecule has 2 aromatic carbocycles. The largest absolute Gasteiger partial charge is 0.416 e. The molecule has 3 rings (SSSR count). The van der Waals surface area contributed by atoms with Gasteiger partial charge in [0.25, 0.3) is 0 Å². The third kappa shape index (κ3) is 3.61. The van der Waals surface area contributed by atoms with Gasteiger partial charge in [-0.2, -0.15) is 13.2 Å². The number of aromatic nitrogens is 2. The highest BCUT2D eigenvalue weighted by Gasteiger charge is 2.31. The second-order valence-corrected chi connectivity index (χ2v) is 5.88. The Kier molecular flexibility index (Phi) is 4.43. The van der Waals surface area contributed by atoms with Crippen LogP contribution in [0.5, 0.6) is 0 Å². The van der Waals surface area contributed by atoms with Gasteiger partial charge in [0.1, 0.15) is 12.4 Å². The first kappa shape index (κ1) is 17.3. The van der Waals surface area contributed by atoms with E-state index in [1.54, 1.807) is 11.5 Å². The summed E-state index contributed by atoms with van der Waals surface area (Å²) in [6.07, 6.45) is -4.51. The minimum atomic E-state index is -4.51. The smallest absolute Gasteiger partial charge is 0.323 e. The van der Waals surface area contributed by atoms with E-state index in [9.17, 15) is 18.0 Å². The minimum absolute atomic E-state index is 0.0357. The minimum Gasteiger partial charge on any atom is -0.323 e. The quantitative estimate of drug-likeness (QED) is 0.732. The summed E-state index contributed by atoms with van der Waals surface area (Å²) in [6.45, 7) is 1.67. The van der Waals surface area contributed by atoms with Crippen molar-refractivity contribution in [2.45, 2.75) is 19.6 Å². The molecule has 25 heavy (non-hydrogen) atoms. The summed E-state index contributed by atoms with van der Waals surface area (Å²) in [5.74, 6) is 0.138. The van der Waals surface area contributed by atoms with Crippen LogP contribution in [0.1, 0.15) is 11.4 Å². The molecule has 1 aromatic heterocycles. The number of aryl methyl sites for hydroxylation is 1. The Labute approximate surface area is 146 Å². The fraction of sp³-hybridized carbons (Fsp3) is 0.176. The van der Waals surface area contributed by atoms with Crippen molar-refractivity contribution in [1.29, 1.82) is 0 Å². The first-order chi connectivity index (χ1) is 11.8. The zero-order valence-corrected chi connectivity index (χ0v) is 13.8. The summed E-state index contributed by atoms with van der Waals surface area (Å²) in [7, 11) is 0. The molecule has 1 amide bonds. The van der Waals surface area contributed by atoms with Crippen LogP contribution in [0.25, 0.3) is 11.0 Å². The monoisotopic (exact) mass is 367 g/mol. The Morgan fingerprint density at radius 2 is 1.96 bits per heavy atom. The lowest BCUT2D eigenvalue weighted by atomic mass is 10.2. The lowest BCUT2D eigenvalue weighted by Crippen LogP contribution is -2.20. The Morgan fingerprint density at radius 1 is 1.24 bits per heavy atom. The first-order valence-corrected chi connectivity index (χ1v) is 7.72. The van der Waals surface area contributed by atoms with Crippen LogP contribution >= 0.6 is 11.6 Å². The number of rotatable bonds is 3. The number of nitrogens with one attached hydrogen (secondary N) is 1. The predicted molar refractivity (Wildman–Crippen MR) is 89.6 cm³/mol. The van der Waals surface area contributed by atoms with Crippen molar-refractivity contribution in [3.63, 3.8) is 0 Å². The molecule has 0 aliphatic heterocycles. The predicted octanol–water partition coefficient (Wildman–Crippen LogP) is 4.66. The van der Waals surface area contributed by atoms with Crippen LogP contribution in [0.3, 0.4) is 0 Å². The van der Waals surface area contributed by atoms with Crippen LogP contribution in [-0.4, -0.2) is 15.5 Å². The van der Waals surface area contributed by atoms with Crippen molar-refractivity contribution in [2.24, 2.45) is 0 Å². The highest BCUT2D eigenvalue weighted by Crippen LogP contribution is 2.33. The van der Waals surface area contributed by atoms with Crippen LogP contribution in [0, 0.1) is 6.92 Å². The maximum absolute atomic E-state index is 12.8. The third-order valence-electron chi connectivity index (χ3n) is 3.71. The zero-order chi connectivity index (χ0) is 18.2. The number of amides is 1. The molecule has 4 nitrogen and oxygen atoms in total. The SMILES string of the molecule is Cc1nc2ccccc2n1CC(=O)Nc1cc(C(F)(F)F)ccc1Cl. The van der Waals surface area contributed by atoms with Gasteiger partial charge in [-0.15, -0.1) is 0 Å². The van der Waals surface area contributed by atoms with Crippen molar-refractivity contribution < 1.29 is 18.0 Å². The lowest BCUT2D eigenvalue weighted by Gasteiger charge is -2.12. The van der Waals surface area contributed by atoms with Gasteiger partial charge in [0.2, 0.25) is 5.91 Å². The second kappa shape index (κ2) is 6.40. The van der Waals surface area contributed by atoms with Gasteiger partial charge in [0.15, 0.2) is 0 Å². The van der Waals surface area contributed by atoms with Crippen LogP contribution in [0.4, 0.5) is 18.9 Å². The summed E-state index contributed by atoms with van der Waals surface area (Å²) in [6, 6.07) is 10.1. The number of carbonyl (C=O) groups is 1. The van der Waals surface area contributed by atoms with E-state index in [4.69, 9.17) is 11.6 Å². The number of anilines is 1. The molecule has 0 bridgehead atoms. The van der Waals surface area contributed by atoms with Gasteiger partial charge >= 0.3 is 6.18 Å². The number of nitrogens with zero attached hydrogens (tertiary/aromatic N) is 2. The molecule has 0 aliphatic rings. The van der Waals surface area contributed by atoms with E-state index >= 15 is 0 Å². The molecule has 0 saturated heterocycles. The summed E-state index contributed by atoms with van der Waals surface area (Å²) in [5.41, 5.74) is 0.551. The molecule has 0 aliphatic carbocycles. The third-order valence-corrected chi connectivity index (χ3v) is 4.04. The molecule has 0 saturated carbocycles. The Hall–Kier alpha value is -2.54. The van der Waals surface area contributed by atoms with E-state index in [1.165, 1.54) is 0 Å². The molecule has 0 unspecified atom stereocenters. The summed E-state index contributed by atoms with van der Waals surface area (Å²) < 4.78 is 40.1. The van der Waals surface area contributed by atoms with Crippen molar-refractivity contribution >= 4 is 34.2 Å². The van der Waals surface area contributed by atoms with Crippen molar-refractivity contribution in [3.05, 3.63) is 58.9 Å². The topological polar surface area (TPSA) is 46.9 Å². The number of hydrogen-bond donors (Lipinski definition) is 1. The average Bonchev–Trinajstić information content (AvgIpc) is 2.84. The van der Waals surface area contributed by atoms with Crippen molar-refractivity contribution in [2.75, 3.05) is 5.32 Å². The van der Waals surface area contributed by atoms with Crippen LogP contribution in [0.2, 0.25) is 5.02 Å². The number of hydrogen-bond acceptors (Lipinski definition) is 2. The van der Waals surface area contributed by atoms with Crippen molar-refractivity contribution in [3.8, 4) is 0 Å². The number of benzene rings is 2. The number of fused-ring (bicyclic) bond motifs is 1. The zero-order valence-electron chi connectivity index (χ0n) is 13.1. The van der Waals surface area contributed by atoms with Crippen LogP contribution in [0.15, 0.2) is 42.5 Å².